The lowest BCUT2D eigenvalue weighted by Crippen LogP contribution is -2.47. The fourth-order valence-corrected chi connectivity index (χ4v) is 1.50. The molecule has 0 aliphatic carbocycles. The summed E-state index contributed by atoms with van der Waals surface area (Å²) in [5.74, 6) is 0.0417. The van der Waals surface area contributed by atoms with Gasteiger partial charge in [-0.25, -0.2) is 4.79 Å². The molecule has 1 aliphatic rings. The third kappa shape index (κ3) is 2.53. The molecule has 0 aromatic carbocycles. The first-order valence-corrected chi connectivity index (χ1v) is 4.70. The number of halogens is 1. The van der Waals surface area contributed by atoms with E-state index in [4.69, 9.17) is 4.74 Å². The average molecular weight is 299 g/mol. The van der Waals surface area contributed by atoms with Gasteiger partial charge in [-0.2, -0.15) is 0 Å². The van der Waals surface area contributed by atoms with Gasteiger partial charge in [-0.3, -0.25) is 4.79 Å². The van der Waals surface area contributed by atoms with E-state index in [0.29, 0.717) is 13.0 Å². The average Bonchev–Trinajstić information content (AvgIpc) is 2.17. The van der Waals surface area contributed by atoms with Gasteiger partial charge in [-0.1, -0.05) is 0 Å². The molecule has 1 heterocycles. The van der Waals surface area contributed by atoms with Gasteiger partial charge in [0.1, 0.15) is 6.10 Å². The van der Waals surface area contributed by atoms with Crippen LogP contribution in [-0.2, 0) is 12.6 Å². The number of Topliss-reactive ketones (excluding diaryl/α,β-unsaturated/α-hetero) is 1. The number of ketones is 1. The summed E-state index contributed by atoms with van der Waals surface area (Å²) in [6, 6.07) is 0. The summed E-state index contributed by atoms with van der Waals surface area (Å²) in [5, 5.41) is 0. The predicted molar refractivity (Wildman–Crippen MR) is 52.5 cm³/mol. The number of hydrogen-bond acceptors (Lipinski definition) is 4. The summed E-state index contributed by atoms with van der Waals surface area (Å²) < 4.78 is 9.43. The third-order valence-corrected chi connectivity index (χ3v) is 2.36. The van der Waals surface area contributed by atoms with Crippen LogP contribution in [0.4, 0.5) is 4.79 Å². The lowest BCUT2D eigenvalue weighted by molar-refractivity contribution is -0.132. The second-order valence-electron chi connectivity index (χ2n) is 2.73. The van der Waals surface area contributed by atoms with Crippen molar-refractivity contribution in [3.8, 4) is 0 Å². The van der Waals surface area contributed by atoms with E-state index in [1.165, 1.54) is 35.0 Å². The molecule has 74 valence electrons. The number of carbonyl (C=O) groups excluding carboxylic acids is 2. The Morgan fingerprint density at radius 2 is 2.38 bits per heavy atom. The highest BCUT2D eigenvalue weighted by molar-refractivity contribution is 14.1. The molecule has 0 N–H and O–H groups in total. The topological polar surface area (TPSA) is 55.8 Å². The van der Waals surface area contributed by atoms with Crippen LogP contribution in [0.5, 0.6) is 0 Å². The highest BCUT2D eigenvalue weighted by Crippen LogP contribution is 2.11. The van der Waals surface area contributed by atoms with Crippen LogP contribution in [0.1, 0.15) is 6.42 Å². The number of likely N-dealkylation sites (tertiary alicyclic amines) is 1. The second-order valence-corrected chi connectivity index (χ2v) is 3.17. The molecular formula is C7H10INO4. The molecule has 0 spiro atoms. The first-order chi connectivity index (χ1) is 6.19. The molecule has 0 radical (unpaired) electrons. The molecule has 0 aromatic rings. The van der Waals surface area contributed by atoms with Crippen LogP contribution in [0.2, 0.25) is 0 Å². The summed E-state index contributed by atoms with van der Waals surface area (Å²) >= 11 is 1.52. The van der Waals surface area contributed by atoms with Gasteiger partial charge in [0.15, 0.2) is 28.8 Å². The van der Waals surface area contributed by atoms with Gasteiger partial charge in [0.2, 0.25) is 0 Å². The fourth-order valence-electron chi connectivity index (χ4n) is 1.22. The monoisotopic (exact) mass is 299 g/mol. The first kappa shape index (κ1) is 10.7. The van der Waals surface area contributed by atoms with Crippen LogP contribution in [0, 0.1) is 0 Å². The maximum absolute atomic E-state index is 11.2. The van der Waals surface area contributed by atoms with Crippen molar-refractivity contribution in [1.29, 1.82) is 0 Å². The normalized spacial score (nSPS) is 23.1. The Bertz CT molecular complexity index is 221. The Balaban J connectivity index is 2.54. The molecule has 1 saturated heterocycles. The molecule has 1 aliphatic heterocycles. The van der Waals surface area contributed by atoms with E-state index in [0.717, 1.165) is 0 Å². The van der Waals surface area contributed by atoms with Crippen LogP contribution < -0.4 is 0 Å². The van der Waals surface area contributed by atoms with Gasteiger partial charge < -0.3 is 12.7 Å². The zero-order valence-electron chi connectivity index (χ0n) is 7.16. The number of carbonyl (C=O) groups is 2. The van der Waals surface area contributed by atoms with E-state index in [1.807, 2.05) is 0 Å². The Morgan fingerprint density at radius 1 is 1.69 bits per heavy atom. The SMILES string of the molecule is COC1CN(C(=O)OI)CCC1=O. The maximum atomic E-state index is 11.2. The third-order valence-electron chi connectivity index (χ3n) is 1.98. The largest absolute Gasteiger partial charge is 0.419 e. The summed E-state index contributed by atoms with van der Waals surface area (Å²) in [7, 11) is 1.46. The standard InChI is InChI=1S/C7H10INO4/c1-12-6-4-9(7(11)13-8)3-2-5(6)10/h6H,2-4H2,1H3. The summed E-state index contributed by atoms with van der Waals surface area (Å²) in [6.07, 6.45) is -0.580. The minimum Gasteiger partial charge on any atom is -0.378 e. The van der Waals surface area contributed by atoms with Crippen LogP contribution in [0.25, 0.3) is 0 Å². The van der Waals surface area contributed by atoms with E-state index in [9.17, 15) is 9.59 Å². The van der Waals surface area contributed by atoms with Crippen LogP contribution in [0.15, 0.2) is 0 Å². The molecule has 1 unspecified atom stereocenters. The molecule has 1 atom stereocenters. The number of methoxy groups -OCH3 is 1. The highest BCUT2D eigenvalue weighted by Gasteiger charge is 2.30. The number of hydrogen-bond donors (Lipinski definition) is 0. The Morgan fingerprint density at radius 3 is 2.92 bits per heavy atom. The van der Waals surface area contributed by atoms with Crippen molar-refractivity contribution >= 4 is 34.9 Å². The van der Waals surface area contributed by atoms with Crippen LogP contribution in [0.3, 0.4) is 0 Å². The van der Waals surface area contributed by atoms with Crippen molar-refractivity contribution < 1.29 is 17.4 Å². The van der Waals surface area contributed by atoms with Crippen molar-refractivity contribution in [2.24, 2.45) is 0 Å². The van der Waals surface area contributed by atoms with Gasteiger partial charge in [-0.15, -0.1) is 0 Å². The van der Waals surface area contributed by atoms with E-state index in [2.05, 4.69) is 3.07 Å². The van der Waals surface area contributed by atoms with Crippen LogP contribution >= 0.6 is 23.0 Å². The molecule has 1 fully saturated rings. The molecule has 1 amide bonds. The number of amides is 1. The van der Waals surface area contributed by atoms with Gasteiger partial charge in [0.05, 0.1) is 6.54 Å². The zero-order chi connectivity index (χ0) is 9.84. The number of rotatable bonds is 1. The van der Waals surface area contributed by atoms with Gasteiger partial charge >= 0.3 is 6.09 Å². The fraction of sp³-hybridized carbons (Fsp3) is 0.714. The van der Waals surface area contributed by atoms with Crippen molar-refractivity contribution in [2.75, 3.05) is 20.2 Å². The maximum Gasteiger partial charge on any atom is 0.419 e. The second kappa shape index (κ2) is 4.75. The van der Waals surface area contributed by atoms with Crippen molar-refractivity contribution in [2.45, 2.75) is 12.5 Å². The Labute approximate surface area is 90.0 Å². The number of piperidine rings is 1. The lowest BCUT2D eigenvalue weighted by atomic mass is 10.1. The zero-order valence-corrected chi connectivity index (χ0v) is 9.31. The van der Waals surface area contributed by atoms with Crippen molar-refractivity contribution in [1.82, 2.24) is 4.90 Å². The quantitative estimate of drug-likeness (QED) is 0.671. The van der Waals surface area contributed by atoms with E-state index < -0.39 is 12.2 Å². The number of nitrogens with zero attached hydrogens (tertiary/aromatic N) is 1. The predicted octanol–water partition coefficient (Wildman–Crippen LogP) is 0.763. The molecule has 0 saturated carbocycles. The van der Waals surface area contributed by atoms with E-state index in [1.54, 1.807) is 0 Å². The molecule has 6 heteroatoms. The van der Waals surface area contributed by atoms with Crippen molar-refractivity contribution in [3.63, 3.8) is 0 Å². The minimum atomic E-state index is -0.496. The summed E-state index contributed by atoms with van der Waals surface area (Å²) in [5.41, 5.74) is 0. The lowest BCUT2D eigenvalue weighted by Gasteiger charge is -2.29. The summed E-state index contributed by atoms with van der Waals surface area (Å²) in [4.78, 5) is 23.7. The van der Waals surface area contributed by atoms with Crippen molar-refractivity contribution in [3.05, 3.63) is 0 Å². The highest BCUT2D eigenvalue weighted by atomic mass is 127. The van der Waals surface area contributed by atoms with Gasteiger partial charge in [0, 0.05) is 20.1 Å². The van der Waals surface area contributed by atoms with E-state index in [-0.39, 0.29) is 12.3 Å². The smallest absolute Gasteiger partial charge is 0.378 e. The van der Waals surface area contributed by atoms with Crippen LogP contribution in [-0.4, -0.2) is 43.1 Å². The molecule has 0 aromatic heterocycles. The van der Waals surface area contributed by atoms with Gasteiger partial charge in [-0.05, 0) is 0 Å². The Hall–Kier alpha value is -0.370. The Kier molecular flexibility index (Phi) is 3.91. The van der Waals surface area contributed by atoms with E-state index >= 15 is 0 Å². The van der Waals surface area contributed by atoms with Gasteiger partial charge in [0.25, 0.3) is 0 Å². The minimum absolute atomic E-state index is 0.0417. The molecule has 5 nitrogen and oxygen atoms in total. The first-order valence-electron chi connectivity index (χ1n) is 3.82. The molecule has 1 rings (SSSR count). The number of ether oxygens (including phenoxy) is 1. The molecular weight excluding hydrogens is 289 g/mol. The molecule has 13 heavy (non-hydrogen) atoms. The summed E-state index contributed by atoms with van der Waals surface area (Å²) in [6.45, 7) is 0.706. The molecule has 0 bridgehead atoms.